The van der Waals surface area contributed by atoms with E-state index in [1.165, 1.54) is 36.4 Å². The Morgan fingerprint density at radius 2 is 1.66 bits per heavy atom. The molecule has 1 aliphatic rings. The van der Waals surface area contributed by atoms with Gasteiger partial charge in [0.1, 0.15) is 17.5 Å². The molecule has 192 valence electrons. The summed E-state index contributed by atoms with van der Waals surface area (Å²) in [6, 6.07) is 26.8. The Labute approximate surface area is 223 Å². The Morgan fingerprint density at radius 1 is 0.947 bits per heavy atom. The maximum absolute atomic E-state index is 12.9. The highest BCUT2D eigenvalue weighted by Gasteiger charge is 2.27. The predicted molar refractivity (Wildman–Crippen MR) is 146 cm³/mol. The fourth-order valence-corrected chi connectivity index (χ4v) is 5.24. The number of sulfonamides is 1. The van der Waals surface area contributed by atoms with Crippen LogP contribution in [0.25, 0.3) is 0 Å². The number of fused-ring (bicyclic) bond motifs is 1. The van der Waals surface area contributed by atoms with Crippen LogP contribution < -0.4 is 14.9 Å². The van der Waals surface area contributed by atoms with Gasteiger partial charge in [0.25, 0.3) is 15.7 Å². The molecule has 1 aliphatic heterocycles. The van der Waals surface area contributed by atoms with Gasteiger partial charge in [-0.05, 0) is 54.1 Å². The average Bonchev–Trinajstić information content (AvgIpc) is 2.93. The number of nitrogens with one attached hydrogen (secondary N) is 2. The SMILES string of the molecule is O=[N+]([O-])c1cc(S(=O)(=O)Nc2ccc(Cl)cc2)ccc1N/N=C1/C[C@H](c2ccccc2)Oc2ccccc21. The molecular formula is C27H21ClN4O5S. The lowest BCUT2D eigenvalue weighted by Crippen LogP contribution is -2.22. The van der Waals surface area contributed by atoms with Crippen molar-refractivity contribution in [1.29, 1.82) is 0 Å². The molecule has 0 aliphatic carbocycles. The predicted octanol–water partition coefficient (Wildman–Crippen LogP) is 6.39. The number of halogens is 1. The van der Waals surface area contributed by atoms with Crippen molar-refractivity contribution in [2.45, 2.75) is 17.4 Å². The third-order valence-electron chi connectivity index (χ3n) is 5.90. The third-order valence-corrected chi connectivity index (χ3v) is 7.53. The van der Waals surface area contributed by atoms with E-state index in [1.807, 2.05) is 54.6 Å². The van der Waals surface area contributed by atoms with Gasteiger partial charge in [-0.2, -0.15) is 5.10 Å². The largest absolute Gasteiger partial charge is 0.485 e. The minimum absolute atomic E-state index is 0.0492. The van der Waals surface area contributed by atoms with Crippen LogP contribution in [0.15, 0.2) is 107 Å². The van der Waals surface area contributed by atoms with Crippen LogP contribution in [0.5, 0.6) is 5.75 Å². The van der Waals surface area contributed by atoms with Crippen LogP contribution in [-0.2, 0) is 10.0 Å². The number of nitro groups is 1. The Bertz CT molecular complexity index is 1630. The maximum atomic E-state index is 12.9. The van der Waals surface area contributed by atoms with Crippen molar-refractivity contribution in [1.82, 2.24) is 0 Å². The van der Waals surface area contributed by atoms with E-state index >= 15 is 0 Å². The lowest BCUT2D eigenvalue weighted by Gasteiger charge is -2.27. The van der Waals surface area contributed by atoms with Crippen molar-refractivity contribution in [3.63, 3.8) is 0 Å². The number of hydrogen-bond acceptors (Lipinski definition) is 7. The van der Waals surface area contributed by atoms with Crippen molar-refractivity contribution in [3.8, 4) is 5.75 Å². The van der Waals surface area contributed by atoms with Crippen molar-refractivity contribution in [2.75, 3.05) is 10.1 Å². The first-order valence-corrected chi connectivity index (χ1v) is 13.4. The minimum atomic E-state index is -4.09. The van der Waals surface area contributed by atoms with Crippen molar-refractivity contribution < 1.29 is 18.1 Å². The summed E-state index contributed by atoms with van der Waals surface area (Å²) >= 11 is 5.85. The van der Waals surface area contributed by atoms with Gasteiger partial charge in [0.05, 0.1) is 15.5 Å². The first kappa shape index (κ1) is 25.2. The van der Waals surface area contributed by atoms with Crippen molar-refractivity contribution in [3.05, 3.63) is 123 Å². The molecule has 38 heavy (non-hydrogen) atoms. The van der Waals surface area contributed by atoms with Crippen LogP contribution in [-0.4, -0.2) is 19.1 Å². The summed E-state index contributed by atoms with van der Waals surface area (Å²) in [5, 5.41) is 16.8. The Hall–Kier alpha value is -4.41. The summed E-state index contributed by atoms with van der Waals surface area (Å²) in [7, 11) is -4.09. The Morgan fingerprint density at radius 3 is 2.39 bits per heavy atom. The first-order valence-electron chi connectivity index (χ1n) is 11.5. The second-order valence-corrected chi connectivity index (χ2v) is 10.6. The van der Waals surface area contributed by atoms with Crippen LogP contribution in [0.2, 0.25) is 5.02 Å². The fourth-order valence-electron chi connectivity index (χ4n) is 4.03. The van der Waals surface area contributed by atoms with Crippen LogP contribution >= 0.6 is 11.6 Å². The number of anilines is 2. The molecule has 2 N–H and O–H groups in total. The highest BCUT2D eigenvalue weighted by atomic mass is 35.5. The normalized spacial score (nSPS) is 15.8. The highest BCUT2D eigenvalue weighted by molar-refractivity contribution is 7.92. The highest BCUT2D eigenvalue weighted by Crippen LogP contribution is 2.36. The zero-order valence-electron chi connectivity index (χ0n) is 19.7. The zero-order chi connectivity index (χ0) is 26.7. The molecule has 0 aromatic heterocycles. The molecule has 4 aromatic carbocycles. The molecule has 1 heterocycles. The number of ether oxygens (including phenoxy) is 1. The molecule has 0 radical (unpaired) electrons. The molecule has 9 nitrogen and oxygen atoms in total. The number of para-hydroxylation sites is 1. The lowest BCUT2D eigenvalue weighted by molar-refractivity contribution is -0.384. The zero-order valence-corrected chi connectivity index (χ0v) is 21.3. The summed E-state index contributed by atoms with van der Waals surface area (Å²) in [6.07, 6.45) is 0.146. The molecule has 0 saturated heterocycles. The summed E-state index contributed by atoms with van der Waals surface area (Å²) in [5.74, 6) is 0.650. The van der Waals surface area contributed by atoms with E-state index in [4.69, 9.17) is 16.3 Å². The van der Waals surface area contributed by atoms with Gasteiger partial charge in [0, 0.05) is 28.8 Å². The summed E-state index contributed by atoms with van der Waals surface area (Å²) in [6.45, 7) is 0. The van der Waals surface area contributed by atoms with E-state index in [-0.39, 0.29) is 22.4 Å². The smallest absolute Gasteiger partial charge is 0.295 e. The van der Waals surface area contributed by atoms with Crippen LogP contribution in [0.4, 0.5) is 17.1 Å². The molecule has 0 spiro atoms. The van der Waals surface area contributed by atoms with Gasteiger partial charge in [-0.25, -0.2) is 8.42 Å². The second kappa shape index (κ2) is 10.5. The quantitative estimate of drug-likeness (QED) is 0.204. The van der Waals surface area contributed by atoms with Gasteiger partial charge in [-0.15, -0.1) is 0 Å². The van der Waals surface area contributed by atoms with Crippen molar-refractivity contribution >= 4 is 44.4 Å². The maximum Gasteiger partial charge on any atom is 0.295 e. The molecule has 0 amide bonds. The number of hydrazone groups is 1. The minimum Gasteiger partial charge on any atom is -0.485 e. The lowest BCUT2D eigenvalue weighted by atomic mass is 9.96. The van der Waals surface area contributed by atoms with E-state index in [9.17, 15) is 18.5 Å². The van der Waals surface area contributed by atoms with Gasteiger partial charge < -0.3 is 4.74 Å². The number of nitrogens with zero attached hydrogens (tertiary/aromatic N) is 2. The second-order valence-electron chi connectivity index (χ2n) is 8.44. The Kier molecular flexibility index (Phi) is 6.99. The topological polar surface area (TPSA) is 123 Å². The van der Waals surface area contributed by atoms with Crippen molar-refractivity contribution in [2.24, 2.45) is 5.10 Å². The van der Waals surface area contributed by atoms with Gasteiger partial charge in [-0.1, -0.05) is 54.1 Å². The van der Waals surface area contributed by atoms with E-state index in [0.29, 0.717) is 22.9 Å². The van der Waals surface area contributed by atoms with E-state index in [0.717, 1.165) is 17.2 Å². The molecule has 1 atom stereocenters. The molecule has 0 saturated carbocycles. The number of benzene rings is 4. The number of nitro benzene ring substituents is 1. The Balaban J connectivity index is 1.44. The van der Waals surface area contributed by atoms with Crippen LogP contribution in [0.3, 0.4) is 0 Å². The molecule has 5 rings (SSSR count). The monoisotopic (exact) mass is 548 g/mol. The van der Waals surface area contributed by atoms with Gasteiger partial charge in [0.15, 0.2) is 0 Å². The molecular weight excluding hydrogens is 528 g/mol. The number of hydrogen-bond donors (Lipinski definition) is 2. The standard InChI is InChI=1S/C27H21ClN4O5S/c28-19-10-12-20(13-11-19)31-38(35,36)21-14-15-23(25(16-21)32(33)34)29-30-24-17-27(18-6-2-1-3-7-18)37-26-9-5-4-8-22(24)26/h1-16,27,29,31H,17H2/b30-24-/t27-/m1/s1. The molecule has 11 heteroatoms. The van der Waals surface area contributed by atoms with Crippen LogP contribution in [0, 0.1) is 10.1 Å². The van der Waals surface area contributed by atoms with E-state index < -0.39 is 20.6 Å². The molecule has 0 unspecified atom stereocenters. The number of rotatable bonds is 7. The summed E-state index contributed by atoms with van der Waals surface area (Å²) in [4.78, 5) is 10.9. The average molecular weight is 549 g/mol. The van der Waals surface area contributed by atoms with Gasteiger partial charge in [-0.3, -0.25) is 20.3 Å². The van der Waals surface area contributed by atoms with Gasteiger partial charge in [0.2, 0.25) is 0 Å². The van der Waals surface area contributed by atoms with Gasteiger partial charge >= 0.3 is 0 Å². The van der Waals surface area contributed by atoms with E-state index in [1.54, 1.807) is 0 Å². The molecule has 4 aromatic rings. The molecule has 0 fully saturated rings. The summed E-state index contributed by atoms with van der Waals surface area (Å²) < 4.78 is 34.3. The molecule has 0 bridgehead atoms. The third kappa shape index (κ3) is 5.46. The first-order chi connectivity index (χ1) is 18.3. The fraction of sp³-hybridized carbons (Fsp3) is 0.0741. The van der Waals surface area contributed by atoms with Crippen LogP contribution in [0.1, 0.15) is 23.7 Å². The summed E-state index contributed by atoms with van der Waals surface area (Å²) in [5.41, 5.74) is 5.05. The van der Waals surface area contributed by atoms with E-state index in [2.05, 4.69) is 15.2 Å².